The molecular weight excluding hydrogens is 431 g/mol. The standard InChI is InChI=1S/C23H25FN4O5/c1-16(29)17-5-6-20(19(24)15-17)25-7-9-27(10-8-25)23(30)18-3-2-4-21(28(31)32)22(18)26-11-13-33-14-12-26/h2-6,15H,7-14H2,1H3. The molecule has 0 atom stereocenters. The molecule has 0 bridgehead atoms. The number of carbonyl (C=O) groups excluding carboxylic acids is 2. The molecule has 9 nitrogen and oxygen atoms in total. The summed E-state index contributed by atoms with van der Waals surface area (Å²) in [7, 11) is 0. The second-order valence-electron chi connectivity index (χ2n) is 8.03. The monoisotopic (exact) mass is 456 g/mol. The van der Waals surface area contributed by atoms with Gasteiger partial charge in [0, 0.05) is 50.9 Å². The van der Waals surface area contributed by atoms with Crippen molar-refractivity contribution >= 4 is 28.8 Å². The van der Waals surface area contributed by atoms with Crippen molar-refractivity contribution < 1.29 is 23.6 Å². The number of morpholine rings is 1. The van der Waals surface area contributed by atoms with E-state index in [1.807, 2.05) is 9.80 Å². The summed E-state index contributed by atoms with van der Waals surface area (Å²) < 4.78 is 19.9. The molecule has 2 aliphatic rings. The molecule has 0 radical (unpaired) electrons. The van der Waals surface area contributed by atoms with Crippen molar-refractivity contribution in [1.82, 2.24) is 4.90 Å². The largest absolute Gasteiger partial charge is 0.378 e. The average Bonchev–Trinajstić information content (AvgIpc) is 2.83. The van der Waals surface area contributed by atoms with Crippen LogP contribution in [0.25, 0.3) is 0 Å². The van der Waals surface area contributed by atoms with Crippen LogP contribution in [-0.4, -0.2) is 74.0 Å². The number of ketones is 1. The van der Waals surface area contributed by atoms with Crippen molar-refractivity contribution in [2.24, 2.45) is 0 Å². The number of hydrogen-bond donors (Lipinski definition) is 0. The van der Waals surface area contributed by atoms with Crippen LogP contribution in [0.1, 0.15) is 27.6 Å². The van der Waals surface area contributed by atoms with Crippen LogP contribution in [0.5, 0.6) is 0 Å². The van der Waals surface area contributed by atoms with Crippen LogP contribution in [0.3, 0.4) is 0 Å². The third-order valence-electron chi connectivity index (χ3n) is 6.03. The van der Waals surface area contributed by atoms with Crippen LogP contribution in [0.15, 0.2) is 36.4 Å². The molecule has 2 aliphatic heterocycles. The lowest BCUT2D eigenvalue weighted by molar-refractivity contribution is -0.384. The van der Waals surface area contributed by atoms with Gasteiger partial charge in [-0.15, -0.1) is 0 Å². The highest BCUT2D eigenvalue weighted by Crippen LogP contribution is 2.34. The summed E-state index contributed by atoms with van der Waals surface area (Å²) in [6, 6.07) is 8.96. The fourth-order valence-corrected chi connectivity index (χ4v) is 4.27. The van der Waals surface area contributed by atoms with Crippen molar-refractivity contribution in [1.29, 1.82) is 0 Å². The summed E-state index contributed by atoms with van der Waals surface area (Å²) in [6.07, 6.45) is 0. The lowest BCUT2D eigenvalue weighted by Gasteiger charge is -2.37. The Morgan fingerprint density at radius 1 is 1.00 bits per heavy atom. The molecular formula is C23H25FN4O5. The molecule has 0 aromatic heterocycles. The Morgan fingerprint density at radius 2 is 1.70 bits per heavy atom. The molecule has 2 aromatic rings. The number of halogens is 1. The number of nitro groups is 1. The van der Waals surface area contributed by atoms with Gasteiger partial charge in [-0.05, 0) is 31.2 Å². The van der Waals surface area contributed by atoms with E-state index in [2.05, 4.69) is 0 Å². The van der Waals surface area contributed by atoms with Crippen LogP contribution >= 0.6 is 0 Å². The van der Waals surface area contributed by atoms with E-state index in [0.29, 0.717) is 69.4 Å². The fraction of sp³-hybridized carbons (Fsp3) is 0.391. The number of carbonyl (C=O) groups is 2. The number of benzene rings is 2. The average molecular weight is 456 g/mol. The Bertz CT molecular complexity index is 1080. The van der Waals surface area contributed by atoms with Crippen LogP contribution in [-0.2, 0) is 4.74 Å². The van der Waals surface area contributed by atoms with Crippen molar-refractivity contribution in [3.63, 3.8) is 0 Å². The third kappa shape index (κ3) is 4.65. The number of para-hydroxylation sites is 1. The van der Waals surface area contributed by atoms with E-state index in [4.69, 9.17) is 4.74 Å². The van der Waals surface area contributed by atoms with Crippen molar-refractivity contribution in [2.45, 2.75) is 6.92 Å². The van der Waals surface area contributed by atoms with Gasteiger partial charge in [0.25, 0.3) is 11.6 Å². The highest BCUT2D eigenvalue weighted by atomic mass is 19.1. The predicted octanol–water partition coefficient (Wildman–Crippen LogP) is 2.74. The van der Waals surface area contributed by atoms with Crippen LogP contribution in [0, 0.1) is 15.9 Å². The number of anilines is 2. The Hall–Kier alpha value is -3.53. The maximum atomic E-state index is 14.5. The number of ether oxygens (including phenoxy) is 1. The van der Waals surface area contributed by atoms with Gasteiger partial charge in [0.2, 0.25) is 0 Å². The van der Waals surface area contributed by atoms with Gasteiger partial charge in [-0.25, -0.2) is 4.39 Å². The Labute approximate surface area is 190 Å². The molecule has 0 spiro atoms. The molecule has 0 aliphatic carbocycles. The van der Waals surface area contributed by atoms with Crippen molar-refractivity contribution in [3.05, 3.63) is 63.5 Å². The van der Waals surface area contributed by atoms with Gasteiger partial charge >= 0.3 is 0 Å². The number of Topliss-reactive ketones (excluding diaryl/α,β-unsaturated/α-hetero) is 1. The number of nitrogens with zero attached hydrogens (tertiary/aromatic N) is 4. The van der Waals surface area contributed by atoms with Gasteiger partial charge in [0.05, 0.1) is 29.4 Å². The number of rotatable bonds is 5. The first-order valence-electron chi connectivity index (χ1n) is 10.8. The quantitative estimate of drug-likeness (QED) is 0.388. The molecule has 4 rings (SSSR count). The highest BCUT2D eigenvalue weighted by Gasteiger charge is 2.31. The van der Waals surface area contributed by atoms with Gasteiger partial charge in [-0.3, -0.25) is 19.7 Å². The minimum absolute atomic E-state index is 0.103. The van der Waals surface area contributed by atoms with E-state index in [1.165, 1.54) is 25.1 Å². The Balaban J connectivity index is 1.53. The normalized spacial score (nSPS) is 16.6. The summed E-state index contributed by atoms with van der Waals surface area (Å²) in [5, 5.41) is 11.7. The summed E-state index contributed by atoms with van der Waals surface area (Å²) in [4.78, 5) is 41.4. The number of hydrogen-bond acceptors (Lipinski definition) is 7. The topological polar surface area (TPSA) is 96.2 Å². The first kappa shape index (κ1) is 22.7. The smallest absolute Gasteiger partial charge is 0.293 e. The van der Waals surface area contributed by atoms with E-state index in [0.717, 1.165) is 0 Å². The maximum absolute atomic E-state index is 14.5. The van der Waals surface area contributed by atoms with Crippen LogP contribution < -0.4 is 9.80 Å². The first-order chi connectivity index (χ1) is 15.9. The molecule has 0 N–H and O–H groups in total. The Kier molecular flexibility index (Phi) is 6.55. The minimum Gasteiger partial charge on any atom is -0.378 e. The molecule has 174 valence electrons. The number of piperazine rings is 1. The van der Waals surface area contributed by atoms with Gasteiger partial charge < -0.3 is 19.4 Å². The Morgan fingerprint density at radius 3 is 2.30 bits per heavy atom. The summed E-state index contributed by atoms with van der Waals surface area (Å²) in [6.45, 7) is 4.70. The van der Waals surface area contributed by atoms with E-state index < -0.39 is 10.7 Å². The summed E-state index contributed by atoms with van der Waals surface area (Å²) in [5.41, 5.74) is 1.21. The van der Waals surface area contributed by atoms with Crippen LogP contribution in [0.2, 0.25) is 0 Å². The second kappa shape index (κ2) is 9.53. The lowest BCUT2D eigenvalue weighted by atomic mass is 10.1. The number of nitro benzene ring substituents is 1. The molecule has 2 heterocycles. The van der Waals surface area contributed by atoms with Gasteiger partial charge in [0.1, 0.15) is 11.5 Å². The zero-order valence-electron chi connectivity index (χ0n) is 18.3. The lowest BCUT2D eigenvalue weighted by Crippen LogP contribution is -2.49. The van der Waals surface area contributed by atoms with E-state index in [-0.39, 0.29) is 22.9 Å². The van der Waals surface area contributed by atoms with Gasteiger partial charge in [0.15, 0.2) is 5.78 Å². The maximum Gasteiger partial charge on any atom is 0.293 e. The molecule has 2 saturated heterocycles. The van der Waals surface area contributed by atoms with Gasteiger partial charge in [-0.1, -0.05) is 6.07 Å². The molecule has 2 aromatic carbocycles. The van der Waals surface area contributed by atoms with Crippen LogP contribution in [0.4, 0.5) is 21.5 Å². The van der Waals surface area contributed by atoms with E-state index >= 15 is 0 Å². The predicted molar refractivity (Wildman–Crippen MR) is 121 cm³/mol. The molecule has 0 unspecified atom stereocenters. The summed E-state index contributed by atoms with van der Waals surface area (Å²) >= 11 is 0. The van der Waals surface area contributed by atoms with Crippen molar-refractivity contribution in [3.8, 4) is 0 Å². The zero-order chi connectivity index (χ0) is 23.5. The SMILES string of the molecule is CC(=O)c1ccc(N2CCN(C(=O)c3cccc([N+](=O)[O-])c3N3CCOCC3)CC2)c(F)c1. The molecule has 33 heavy (non-hydrogen) atoms. The van der Waals surface area contributed by atoms with Crippen molar-refractivity contribution in [2.75, 3.05) is 62.3 Å². The van der Waals surface area contributed by atoms with Gasteiger partial charge in [-0.2, -0.15) is 0 Å². The molecule has 1 amide bonds. The minimum atomic E-state index is -0.476. The highest BCUT2D eigenvalue weighted by molar-refractivity contribution is 6.02. The zero-order valence-corrected chi connectivity index (χ0v) is 18.3. The molecule has 0 saturated carbocycles. The molecule has 10 heteroatoms. The second-order valence-corrected chi connectivity index (χ2v) is 8.03. The fourth-order valence-electron chi connectivity index (χ4n) is 4.27. The van der Waals surface area contributed by atoms with E-state index in [9.17, 15) is 24.1 Å². The van der Waals surface area contributed by atoms with E-state index in [1.54, 1.807) is 23.1 Å². The first-order valence-corrected chi connectivity index (χ1v) is 10.8. The number of amides is 1. The molecule has 2 fully saturated rings. The summed E-state index contributed by atoms with van der Waals surface area (Å²) in [5.74, 6) is -0.966. The third-order valence-corrected chi connectivity index (χ3v) is 6.03.